The summed E-state index contributed by atoms with van der Waals surface area (Å²) < 4.78 is 6.50. The lowest BCUT2D eigenvalue weighted by Gasteiger charge is -2.04. The summed E-state index contributed by atoms with van der Waals surface area (Å²) in [5.74, 6) is -1.06. The van der Waals surface area contributed by atoms with E-state index in [2.05, 4.69) is 21.2 Å². The Morgan fingerprint density at radius 2 is 1.79 bits per heavy atom. The second kappa shape index (κ2) is 8.37. The zero-order valence-electron chi connectivity index (χ0n) is 14.3. The van der Waals surface area contributed by atoms with Gasteiger partial charge in [0.2, 0.25) is 0 Å². The van der Waals surface area contributed by atoms with E-state index >= 15 is 0 Å². The first-order valence-electron chi connectivity index (χ1n) is 8.09. The van der Waals surface area contributed by atoms with E-state index in [1.165, 1.54) is 12.1 Å². The number of hydrogen-bond donors (Lipinski definition) is 2. The van der Waals surface area contributed by atoms with E-state index in [1.807, 2.05) is 6.07 Å². The van der Waals surface area contributed by atoms with Crippen molar-refractivity contribution in [2.45, 2.75) is 0 Å². The van der Waals surface area contributed by atoms with Crippen LogP contribution in [-0.2, 0) is 4.79 Å². The van der Waals surface area contributed by atoms with Crippen LogP contribution in [0.2, 0.25) is 0 Å². The lowest BCUT2D eigenvalue weighted by molar-refractivity contribution is -0.112. The Balaban J connectivity index is 1.85. The standard InChI is InChI=1S/C21H13BrN2O4/c22-14-5-7-15(8-6-14)24-20(25)13(12-23)11-16-9-10-19(28-16)17-3-1-2-4-18(17)21(26)27/h1-11H,(H,24,25)(H,26,27)/b13-11-. The van der Waals surface area contributed by atoms with Crippen molar-refractivity contribution in [2.24, 2.45) is 0 Å². The van der Waals surface area contributed by atoms with E-state index in [0.717, 1.165) is 4.47 Å². The molecule has 3 aromatic rings. The number of nitrogens with zero attached hydrogens (tertiary/aromatic N) is 1. The van der Waals surface area contributed by atoms with Gasteiger partial charge in [0.15, 0.2) is 0 Å². The molecule has 2 aromatic carbocycles. The predicted octanol–water partition coefficient (Wildman–Crippen LogP) is 4.95. The second-order valence-corrected chi connectivity index (χ2v) is 6.60. The zero-order chi connectivity index (χ0) is 20.1. The maximum atomic E-state index is 12.3. The maximum absolute atomic E-state index is 12.3. The van der Waals surface area contributed by atoms with Gasteiger partial charge in [0.25, 0.3) is 5.91 Å². The average Bonchev–Trinajstić information content (AvgIpc) is 3.16. The van der Waals surface area contributed by atoms with Crippen molar-refractivity contribution in [2.75, 3.05) is 5.32 Å². The molecule has 1 aromatic heterocycles. The number of aromatic carboxylic acids is 1. The van der Waals surface area contributed by atoms with Crippen molar-refractivity contribution in [3.63, 3.8) is 0 Å². The summed E-state index contributed by atoms with van der Waals surface area (Å²) >= 11 is 3.31. The Morgan fingerprint density at radius 3 is 2.46 bits per heavy atom. The highest BCUT2D eigenvalue weighted by Crippen LogP contribution is 2.27. The number of furan rings is 1. The van der Waals surface area contributed by atoms with E-state index in [1.54, 1.807) is 54.6 Å². The molecule has 28 heavy (non-hydrogen) atoms. The molecule has 0 atom stereocenters. The number of halogens is 1. The highest BCUT2D eigenvalue weighted by molar-refractivity contribution is 9.10. The molecular weight excluding hydrogens is 424 g/mol. The normalized spacial score (nSPS) is 10.9. The molecule has 0 radical (unpaired) electrons. The first-order valence-corrected chi connectivity index (χ1v) is 8.88. The number of anilines is 1. The van der Waals surface area contributed by atoms with Gasteiger partial charge in [-0.15, -0.1) is 0 Å². The van der Waals surface area contributed by atoms with Crippen molar-refractivity contribution in [3.05, 3.63) is 82.0 Å². The van der Waals surface area contributed by atoms with E-state index in [9.17, 15) is 20.0 Å². The topological polar surface area (TPSA) is 103 Å². The number of carbonyl (C=O) groups is 2. The van der Waals surface area contributed by atoms with Crippen LogP contribution in [0.3, 0.4) is 0 Å². The fourth-order valence-electron chi connectivity index (χ4n) is 2.48. The number of carboxylic acid groups (broad SMARTS) is 1. The largest absolute Gasteiger partial charge is 0.478 e. The summed E-state index contributed by atoms with van der Waals surface area (Å²) in [6.45, 7) is 0. The summed E-state index contributed by atoms with van der Waals surface area (Å²) in [5, 5.41) is 21.2. The van der Waals surface area contributed by atoms with Crippen LogP contribution in [0.25, 0.3) is 17.4 Å². The van der Waals surface area contributed by atoms with Gasteiger partial charge in [0.1, 0.15) is 23.2 Å². The summed E-state index contributed by atoms with van der Waals surface area (Å²) in [4.78, 5) is 23.7. The molecule has 0 bridgehead atoms. The van der Waals surface area contributed by atoms with Crippen LogP contribution >= 0.6 is 15.9 Å². The molecule has 0 spiro atoms. The van der Waals surface area contributed by atoms with Crippen LogP contribution < -0.4 is 5.32 Å². The average molecular weight is 437 g/mol. The fourth-order valence-corrected chi connectivity index (χ4v) is 2.75. The maximum Gasteiger partial charge on any atom is 0.336 e. The molecule has 0 unspecified atom stereocenters. The molecule has 138 valence electrons. The molecule has 1 heterocycles. The van der Waals surface area contributed by atoms with E-state index in [4.69, 9.17) is 4.42 Å². The van der Waals surface area contributed by atoms with Crippen LogP contribution in [0, 0.1) is 11.3 Å². The molecule has 0 aliphatic heterocycles. The Kier molecular flexibility index (Phi) is 5.72. The molecule has 0 aliphatic carbocycles. The van der Waals surface area contributed by atoms with Crippen LogP contribution in [0.5, 0.6) is 0 Å². The van der Waals surface area contributed by atoms with E-state index in [-0.39, 0.29) is 16.9 Å². The van der Waals surface area contributed by atoms with Crippen molar-refractivity contribution < 1.29 is 19.1 Å². The fraction of sp³-hybridized carbons (Fsp3) is 0. The van der Waals surface area contributed by atoms with Crippen molar-refractivity contribution in [3.8, 4) is 17.4 Å². The van der Waals surface area contributed by atoms with Gasteiger partial charge in [-0.2, -0.15) is 5.26 Å². The first kappa shape index (κ1) is 19.1. The van der Waals surface area contributed by atoms with Crippen LogP contribution in [0.15, 0.2) is 75.1 Å². The van der Waals surface area contributed by atoms with Crippen LogP contribution in [-0.4, -0.2) is 17.0 Å². The minimum Gasteiger partial charge on any atom is -0.478 e. The summed E-state index contributed by atoms with van der Waals surface area (Å²) in [6.07, 6.45) is 1.31. The zero-order valence-corrected chi connectivity index (χ0v) is 15.9. The third-order valence-electron chi connectivity index (χ3n) is 3.80. The Labute approximate surface area is 168 Å². The highest BCUT2D eigenvalue weighted by Gasteiger charge is 2.15. The minimum atomic E-state index is -1.07. The minimum absolute atomic E-state index is 0.0980. The molecule has 0 fully saturated rings. The number of amides is 1. The summed E-state index contributed by atoms with van der Waals surface area (Å²) in [5.41, 5.74) is 0.911. The lowest BCUT2D eigenvalue weighted by Crippen LogP contribution is -2.13. The quantitative estimate of drug-likeness (QED) is 0.434. The molecule has 3 rings (SSSR count). The van der Waals surface area contributed by atoms with Gasteiger partial charge in [-0.25, -0.2) is 4.79 Å². The van der Waals surface area contributed by atoms with Crippen LogP contribution in [0.1, 0.15) is 16.1 Å². The smallest absolute Gasteiger partial charge is 0.336 e. The van der Waals surface area contributed by atoms with Crippen molar-refractivity contribution in [1.29, 1.82) is 5.26 Å². The molecule has 7 heteroatoms. The first-order chi connectivity index (χ1) is 13.5. The number of carboxylic acids is 1. The second-order valence-electron chi connectivity index (χ2n) is 5.68. The van der Waals surface area contributed by atoms with Gasteiger partial charge >= 0.3 is 5.97 Å². The summed E-state index contributed by atoms with van der Waals surface area (Å²) in [6, 6.07) is 18.4. The van der Waals surface area contributed by atoms with Crippen molar-refractivity contribution in [1.82, 2.24) is 0 Å². The Morgan fingerprint density at radius 1 is 1.07 bits per heavy atom. The predicted molar refractivity (Wildman–Crippen MR) is 107 cm³/mol. The Hall–Kier alpha value is -3.63. The molecule has 0 saturated heterocycles. The molecular formula is C21H13BrN2O4. The van der Waals surface area contributed by atoms with Gasteiger partial charge in [0, 0.05) is 21.8 Å². The number of nitriles is 1. The lowest BCUT2D eigenvalue weighted by atomic mass is 10.1. The van der Waals surface area contributed by atoms with Gasteiger partial charge in [0.05, 0.1) is 5.56 Å². The van der Waals surface area contributed by atoms with Gasteiger partial charge in [-0.1, -0.05) is 34.1 Å². The number of carbonyl (C=O) groups excluding carboxylic acids is 1. The van der Waals surface area contributed by atoms with E-state index < -0.39 is 11.9 Å². The van der Waals surface area contributed by atoms with Crippen LogP contribution in [0.4, 0.5) is 5.69 Å². The number of nitrogens with one attached hydrogen (secondary N) is 1. The van der Waals surface area contributed by atoms with Crippen molar-refractivity contribution >= 4 is 39.6 Å². The molecule has 1 amide bonds. The third kappa shape index (κ3) is 4.37. The van der Waals surface area contributed by atoms with Gasteiger partial charge in [-0.3, -0.25) is 4.79 Å². The molecule has 0 aliphatic rings. The highest BCUT2D eigenvalue weighted by atomic mass is 79.9. The monoisotopic (exact) mass is 436 g/mol. The van der Waals surface area contributed by atoms with Gasteiger partial charge < -0.3 is 14.8 Å². The third-order valence-corrected chi connectivity index (χ3v) is 4.33. The van der Waals surface area contributed by atoms with Gasteiger partial charge in [-0.05, 0) is 42.5 Å². The number of rotatable bonds is 5. The SMILES string of the molecule is N#C/C(=C/c1ccc(-c2ccccc2C(=O)O)o1)C(=O)Nc1ccc(Br)cc1. The summed E-state index contributed by atoms with van der Waals surface area (Å²) in [7, 11) is 0. The Bertz CT molecular complexity index is 1110. The van der Waals surface area contributed by atoms with E-state index in [0.29, 0.717) is 17.0 Å². The molecule has 0 saturated carbocycles. The number of benzene rings is 2. The molecule has 2 N–H and O–H groups in total. The molecule has 6 nitrogen and oxygen atoms in total. The number of hydrogen-bond acceptors (Lipinski definition) is 4.